The second-order valence-corrected chi connectivity index (χ2v) is 2.50. The van der Waals surface area contributed by atoms with Crippen molar-refractivity contribution in [2.24, 2.45) is 11.5 Å². The number of carbonyl (C=O) groups is 1. The Hall–Kier alpha value is -0.410. The molecule has 4 N–H and O–H groups in total. The van der Waals surface area contributed by atoms with Crippen LogP contribution in [0.4, 0.5) is 0 Å². The van der Waals surface area contributed by atoms with Crippen LogP contribution in [0.1, 0.15) is 40.0 Å². The molecule has 0 aromatic rings. The fourth-order valence-corrected chi connectivity index (χ4v) is 0.712. The Balaban J connectivity index is 0. The molecule has 0 saturated carbocycles. The van der Waals surface area contributed by atoms with Crippen molar-refractivity contribution in [1.82, 2.24) is 0 Å². The van der Waals surface area contributed by atoms with Crippen LogP contribution in [0.3, 0.4) is 0 Å². The largest absolute Gasteiger partial charge is 0.330 e. The predicted octanol–water partition coefficient (Wildman–Crippen LogP) is 1.06. The molecule has 0 heterocycles. The molecule has 0 aliphatic carbocycles. The van der Waals surface area contributed by atoms with E-state index < -0.39 is 0 Å². The second-order valence-electron chi connectivity index (χ2n) is 2.50. The smallest absolute Gasteiger partial charge is 0.146 e. The van der Waals surface area contributed by atoms with Gasteiger partial charge in [-0.2, -0.15) is 0 Å². The molecule has 0 aliphatic rings. The van der Waals surface area contributed by atoms with Crippen LogP contribution in [0.5, 0.6) is 0 Å². The Morgan fingerprint density at radius 1 is 1.33 bits per heavy atom. The van der Waals surface area contributed by atoms with Crippen molar-refractivity contribution < 1.29 is 4.79 Å². The first-order valence-corrected chi connectivity index (χ1v) is 4.64. The van der Waals surface area contributed by atoms with Crippen LogP contribution < -0.4 is 11.5 Å². The molecule has 3 nitrogen and oxygen atoms in total. The fourth-order valence-electron chi connectivity index (χ4n) is 0.712. The Bertz CT molecular complexity index is 105. The third kappa shape index (κ3) is 9.59. The third-order valence-corrected chi connectivity index (χ3v) is 1.49. The zero-order valence-corrected chi connectivity index (χ0v) is 8.47. The molecular weight excluding hydrogens is 152 g/mol. The Morgan fingerprint density at radius 2 is 1.83 bits per heavy atom. The van der Waals surface area contributed by atoms with Crippen LogP contribution >= 0.6 is 0 Å². The SMILES string of the molecule is CC.CC(=O)C(N)CCCCN. The number of carbonyl (C=O) groups excluding carboxylic acids is 1. The molecule has 0 aliphatic heterocycles. The monoisotopic (exact) mass is 174 g/mol. The summed E-state index contributed by atoms with van der Waals surface area (Å²) in [6.07, 6.45) is 2.69. The zero-order chi connectivity index (χ0) is 9.98. The van der Waals surface area contributed by atoms with Crippen molar-refractivity contribution in [3.63, 3.8) is 0 Å². The molecule has 0 aromatic heterocycles. The van der Waals surface area contributed by atoms with Crippen LogP contribution in [0.15, 0.2) is 0 Å². The van der Waals surface area contributed by atoms with Crippen molar-refractivity contribution in [3.8, 4) is 0 Å². The Labute approximate surface area is 75.5 Å². The van der Waals surface area contributed by atoms with Gasteiger partial charge in [0.15, 0.2) is 0 Å². The summed E-state index contributed by atoms with van der Waals surface area (Å²) in [6, 6.07) is -0.272. The highest BCUT2D eigenvalue weighted by Crippen LogP contribution is 1.97. The molecule has 0 radical (unpaired) electrons. The molecule has 0 fully saturated rings. The van der Waals surface area contributed by atoms with E-state index >= 15 is 0 Å². The quantitative estimate of drug-likeness (QED) is 0.612. The second kappa shape index (κ2) is 10.6. The first-order chi connectivity index (χ1) is 5.68. The highest BCUT2D eigenvalue weighted by Gasteiger charge is 2.05. The number of nitrogens with two attached hydrogens (primary N) is 2. The molecule has 0 amide bonds. The Morgan fingerprint density at radius 3 is 2.17 bits per heavy atom. The van der Waals surface area contributed by atoms with E-state index in [9.17, 15) is 4.79 Å². The molecule has 3 heteroatoms. The van der Waals surface area contributed by atoms with Crippen LogP contribution in [0, 0.1) is 0 Å². The van der Waals surface area contributed by atoms with E-state index in [0.717, 1.165) is 19.3 Å². The maximum atomic E-state index is 10.6. The zero-order valence-electron chi connectivity index (χ0n) is 8.47. The number of hydrogen-bond donors (Lipinski definition) is 2. The lowest BCUT2D eigenvalue weighted by Crippen LogP contribution is -2.28. The normalized spacial score (nSPS) is 11.4. The summed E-state index contributed by atoms with van der Waals surface area (Å²) in [4.78, 5) is 10.6. The van der Waals surface area contributed by atoms with Gasteiger partial charge in [-0.1, -0.05) is 20.3 Å². The average molecular weight is 174 g/mol. The van der Waals surface area contributed by atoms with Gasteiger partial charge in [-0.05, 0) is 26.3 Å². The fraction of sp³-hybridized carbons (Fsp3) is 0.889. The van der Waals surface area contributed by atoms with Crippen molar-refractivity contribution in [1.29, 1.82) is 0 Å². The molecule has 0 spiro atoms. The first-order valence-electron chi connectivity index (χ1n) is 4.64. The average Bonchev–Trinajstić information content (AvgIpc) is 2.08. The molecule has 0 aromatic carbocycles. The number of unbranched alkanes of at least 4 members (excludes halogenated alkanes) is 1. The molecule has 0 rings (SSSR count). The number of Topliss-reactive ketones (excluding diaryl/α,β-unsaturated/α-hetero) is 1. The molecule has 1 unspecified atom stereocenters. The highest BCUT2D eigenvalue weighted by molar-refractivity contribution is 5.80. The topological polar surface area (TPSA) is 69.1 Å². The lowest BCUT2D eigenvalue weighted by Gasteiger charge is -2.05. The minimum absolute atomic E-state index is 0.0667. The summed E-state index contributed by atoms with van der Waals surface area (Å²) in [6.45, 7) is 6.21. The van der Waals surface area contributed by atoms with Gasteiger partial charge in [0.25, 0.3) is 0 Å². The van der Waals surface area contributed by atoms with E-state index in [4.69, 9.17) is 11.5 Å². The van der Waals surface area contributed by atoms with E-state index in [1.165, 1.54) is 6.92 Å². The van der Waals surface area contributed by atoms with Crippen molar-refractivity contribution in [2.75, 3.05) is 6.54 Å². The van der Waals surface area contributed by atoms with Crippen molar-refractivity contribution in [2.45, 2.75) is 46.1 Å². The van der Waals surface area contributed by atoms with Gasteiger partial charge in [-0.3, -0.25) is 4.79 Å². The maximum absolute atomic E-state index is 10.6. The third-order valence-electron chi connectivity index (χ3n) is 1.49. The highest BCUT2D eigenvalue weighted by atomic mass is 16.1. The van der Waals surface area contributed by atoms with Gasteiger partial charge in [-0.25, -0.2) is 0 Å². The molecule has 74 valence electrons. The van der Waals surface area contributed by atoms with Gasteiger partial charge in [0.2, 0.25) is 0 Å². The van der Waals surface area contributed by atoms with Gasteiger partial charge < -0.3 is 11.5 Å². The predicted molar refractivity (Wildman–Crippen MR) is 52.9 cm³/mol. The van der Waals surface area contributed by atoms with Crippen LogP contribution in [0.2, 0.25) is 0 Å². The van der Waals surface area contributed by atoms with E-state index in [-0.39, 0.29) is 11.8 Å². The molecule has 12 heavy (non-hydrogen) atoms. The summed E-state index contributed by atoms with van der Waals surface area (Å²) in [5.74, 6) is 0.0667. The first kappa shape index (κ1) is 14.1. The maximum Gasteiger partial charge on any atom is 0.146 e. The summed E-state index contributed by atoms with van der Waals surface area (Å²) >= 11 is 0. The minimum Gasteiger partial charge on any atom is -0.330 e. The standard InChI is InChI=1S/C7H16N2O.C2H6/c1-6(10)7(9)4-2-3-5-8;1-2/h7H,2-5,8-9H2,1H3;1-2H3. The summed E-state index contributed by atoms with van der Waals surface area (Å²) in [5.41, 5.74) is 10.7. The van der Waals surface area contributed by atoms with E-state index in [1.54, 1.807) is 0 Å². The summed E-state index contributed by atoms with van der Waals surface area (Å²) in [7, 11) is 0. The molecule has 1 atom stereocenters. The van der Waals surface area contributed by atoms with E-state index in [0.29, 0.717) is 6.54 Å². The summed E-state index contributed by atoms with van der Waals surface area (Å²) < 4.78 is 0. The molecular formula is C9H22N2O. The van der Waals surface area contributed by atoms with Crippen LogP contribution in [-0.4, -0.2) is 18.4 Å². The van der Waals surface area contributed by atoms with Gasteiger partial charge in [0.05, 0.1) is 6.04 Å². The number of rotatable bonds is 5. The van der Waals surface area contributed by atoms with E-state index in [1.807, 2.05) is 13.8 Å². The lowest BCUT2D eigenvalue weighted by atomic mass is 10.1. The molecule has 0 saturated heterocycles. The van der Waals surface area contributed by atoms with Gasteiger partial charge in [-0.15, -0.1) is 0 Å². The van der Waals surface area contributed by atoms with Gasteiger partial charge >= 0.3 is 0 Å². The van der Waals surface area contributed by atoms with Crippen molar-refractivity contribution in [3.05, 3.63) is 0 Å². The number of ketones is 1. The number of hydrogen-bond acceptors (Lipinski definition) is 3. The van der Waals surface area contributed by atoms with Crippen LogP contribution in [-0.2, 0) is 4.79 Å². The van der Waals surface area contributed by atoms with E-state index in [2.05, 4.69) is 0 Å². The summed E-state index contributed by atoms with van der Waals surface area (Å²) in [5, 5.41) is 0. The van der Waals surface area contributed by atoms with Crippen LogP contribution in [0.25, 0.3) is 0 Å². The van der Waals surface area contributed by atoms with Crippen molar-refractivity contribution >= 4 is 5.78 Å². The lowest BCUT2D eigenvalue weighted by molar-refractivity contribution is -0.118. The molecule has 0 bridgehead atoms. The minimum atomic E-state index is -0.272. The van der Waals surface area contributed by atoms with Gasteiger partial charge in [0.1, 0.15) is 5.78 Å². The Kier molecular flexibility index (Phi) is 12.5. The van der Waals surface area contributed by atoms with Gasteiger partial charge in [0, 0.05) is 0 Å².